The summed E-state index contributed by atoms with van der Waals surface area (Å²) in [6.07, 6.45) is 3.40. The molecule has 0 radical (unpaired) electrons. The van der Waals surface area contributed by atoms with Crippen LogP contribution in [0.2, 0.25) is 5.15 Å². The van der Waals surface area contributed by atoms with Gasteiger partial charge in [0.25, 0.3) is 0 Å². The molecule has 2 aliphatic heterocycles. The molecule has 0 spiro atoms. The number of nitrogens with one attached hydrogen (secondary N) is 2. The number of hydrogen-bond acceptors (Lipinski definition) is 6. The van der Waals surface area contributed by atoms with Gasteiger partial charge in [-0.15, -0.1) is 0 Å². The number of aromatic amines is 1. The number of H-pyrrole nitrogens is 1. The van der Waals surface area contributed by atoms with Crippen molar-refractivity contribution in [1.29, 1.82) is 0 Å². The molecular weight excluding hydrogens is 473 g/mol. The maximum atomic E-state index is 13.1. The van der Waals surface area contributed by atoms with Gasteiger partial charge >= 0.3 is 0 Å². The Hall–Kier alpha value is -2.34. The van der Waals surface area contributed by atoms with Gasteiger partial charge in [-0.25, -0.2) is 22.8 Å². The van der Waals surface area contributed by atoms with Crippen LogP contribution in [0.15, 0.2) is 29.8 Å². The Bertz CT molecular complexity index is 1130. The number of aromatic nitrogens is 3. The molecule has 2 aromatic rings. The monoisotopic (exact) mass is 497 g/mol. The fourth-order valence-electron chi connectivity index (χ4n) is 4.15. The zero-order chi connectivity index (χ0) is 23.6. The minimum atomic E-state index is -3.75. The van der Waals surface area contributed by atoms with Crippen molar-refractivity contribution in [1.82, 2.24) is 24.6 Å². The molecule has 2 N–H and O–H groups in total. The zero-order valence-electron chi connectivity index (χ0n) is 18.0. The van der Waals surface area contributed by atoms with Gasteiger partial charge in [-0.05, 0) is 30.9 Å². The van der Waals surface area contributed by atoms with E-state index >= 15 is 0 Å². The summed E-state index contributed by atoms with van der Waals surface area (Å²) in [5.74, 6) is -0.571. The topological polar surface area (TPSA) is 117 Å². The zero-order valence-corrected chi connectivity index (χ0v) is 19.6. The first-order valence-corrected chi connectivity index (χ1v) is 12.5. The second kappa shape index (κ2) is 9.88. The van der Waals surface area contributed by atoms with Crippen LogP contribution in [-0.2, 0) is 19.6 Å². The van der Waals surface area contributed by atoms with E-state index in [1.165, 1.54) is 16.4 Å². The summed E-state index contributed by atoms with van der Waals surface area (Å²) in [6, 6.07) is 2.71. The highest BCUT2D eigenvalue weighted by atomic mass is 35.5. The number of pyridine rings is 1. The van der Waals surface area contributed by atoms with Crippen LogP contribution in [0.4, 0.5) is 4.39 Å². The first-order chi connectivity index (χ1) is 15.7. The van der Waals surface area contributed by atoms with Crippen molar-refractivity contribution in [2.24, 2.45) is 5.92 Å². The highest BCUT2D eigenvalue weighted by Crippen LogP contribution is 2.37. The lowest BCUT2D eigenvalue weighted by Gasteiger charge is -2.35. The van der Waals surface area contributed by atoms with E-state index in [9.17, 15) is 17.6 Å². The van der Waals surface area contributed by atoms with Crippen molar-refractivity contribution in [3.05, 3.63) is 46.5 Å². The Labute approximate surface area is 196 Å². The molecule has 2 fully saturated rings. The van der Waals surface area contributed by atoms with Crippen molar-refractivity contribution in [3.63, 3.8) is 0 Å². The molecule has 3 atom stereocenters. The van der Waals surface area contributed by atoms with Crippen molar-refractivity contribution < 1.29 is 22.3 Å². The second-order valence-electron chi connectivity index (χ2n) is 8.30. The SMILES string of the molecule is C[C@H]1CN(S(=O)(=O)C=CC(=O)N[C@@H]2CCOC2)CC[C@H]1c1[nH]c(-c2ccc(F)cn2)nc1Cl. The van der Waals surface area contributed by atoms with Crippen LogP contribution in [-0.4, -0.2) is 65.9 Å². The van der Waals surface area contributed by atoms with Gasteiger partial charge in [0.2, 0.25) is 15.9 Å². The van der Waals surface area contributed by atoms with Crippen LogP contribution in [0, 0.1) is 11.7 Å². The molecule has 0 aromatic carbocycles. The highest BCUT2D eigenvalue weighted by molar-refractivity contribution is 7.92. The molecule has 1 amide bonds. The van der Waals surface area contributed by atoms with Gasteiger partial charge < -0.3 is 15.0 Å². The third kappa shape index (κ3) is 5.60. The minimum Gasteiger partial charge on any atom is -0.379 e. The molecular formula is C21H25ClFN5O4S. The summed E-state index contributed by atoms with van der Waals surface area (Å²) >= 11 is 6.36. The standard InChI is InChI=1S/C21H25ClFN5O4S/c1-13-11-28(33(30,31)9-6-18(29)25-15-5-8-32-12-15)7-4-16(13)19-20(22)27-21(26-19)17-3-2-14(23)10-24-17/h2-3,6,9-10,13,15-16H,4-5,7-8,11-12H2,1H3,(H,25,29)(H,26,27)/t13-,15+,16+/m0/s1. The van der Waals surface area contributed by atoms with E-state index in [0.29, 0.717) is 43.3 Å². The predicted octanol–water partition coefficient (Wildman–Crippen LogP) is 2.44. The molecule has 4 rings (SSSR count). The molecule has 9 nitrogen and oxygen atoms in total. The molecule has 0 aliphatic carbocycles. The number of amides is 1. The lowest BCUT2D eigenvalue weighted by atomic mass is 9.86. The third-order valence-electron chi connectivity index (χ3n) is 5.92. The maximum absolute atomic E-state index is 13.1. The van der Waals surface area contributed by atoms with Gasteiger partial charge in [-0.2, -0.15) is 4.31 Å². The summed E-state index contributed by atoms with van der Waals surface area (Å²) in [7, 11) is -3.75. The Morgan fingerprint density at radius 1 is 1.39 bits per heavy atom. The van der Waals surface area contributed by atoms with E-state index in [1.807, 2.05) is 6.92 Å². The highest BCUT2D eigenvalue weighted by Gasteiger charge is 2.34. The molecule has 2 saturated heterocycles. The van der Waals surface area contributed by atoms with Crippen LogP contribution in [0.25, 0.3) is 11.5 Å². The molecule has 4 heterocycles. The van der Waals surface area contributed by atoms with Crippen molar-refractivity contribution in [2.75, 3.05) is 26.3 Å². The molecule has 178 valence electrons. The smallest absolute Gasteiger partial charge is 0.245 e. The number of nitrogens with zero attached hydrogens (tertiary/aromatic N) is 3. The van der Waals surface area contributed by atoms with Crippen LogP contribution in [0.3, 0.4) is 0 Å². The number of imidazole rings is 1. The summed E-state index contributed by atoms with van der Waals surface area (Å²) in [4.78, 5) is 23.5. The fourth-order valence-corrected chi connectivity index (χ4v) is 5.69. The van der Waals surface area contributed by atoms with Gasteiger partial charge in [0, 0.05) is 31.7 Å². The average molecular weight is 498 g/mol. The molecule has 0 saturated carbocycles. The Balaban J connectivity index is 1.40. The second-order valence-corrected chi connectivity index (χ2v) is 10.5. The Morgan fingerprint density at radius 2 is 2.21 bits per heavy atom. The average Bonchev–Trinajstić information content (AvgIpc) is 3.42. The Kier molecular flexibility index (Phi) is 7.13. The molecule has 2 aromatic heterocycles. The van der Waals surface area contributed by atoms with Crippen LogP contribution < -0.4 is 5.32 Å². The van der Waals surface area contributed by atoms with Gasteiger partial charge in [0.05, 0.1) is 29.9 Å². The number of hydrogen-bond donors (Lipinski definition) is 2. The number of ether oxygens (including phenoxy) is 1. The van der Waals surface area contributed by atoms with Crippen LogP contribution in [0.1, 0.15) is 31.4 Å². The number of piperidine rings is 1. The van der Waals surface area contributed by atoms with Crippen molar-refractivity contribution in [3.8, 4) is 11.5 Å². The number of rotatable bonds is 6. The quantitative estimate of drug-likeness (QED) is 0.592. The van der Waals surface area contributed by atoms with E-state index in [4.69, 9.17) is 16.3 Å². The number of halogens is 2. The summed E-state index contributed by atoms with van der Waals surface area (Å²) in [5.41, 5.74) is 1.17. The van der Waals surface area contributed by atoms with Gasteiger partial charge in [0.15, 0.2) is 11.0 Å². The van der Waals surface area contributed by atoms with Crippen LogP contribution in [0.5, 0.6) is 0 Å². The third-order valence-corrected chi connectivity index (χ3v) is 7.74. The van der Waals surface area contributed by atoms with Crippen molar-refractivity contribution in [2.45, 2.75) is 31.7 Å². The van der Waals surface area contributed by atoms with Crippen molar-refractivity contribution >= 4 is 27.5 Å². The molecule has 33 heavy (non-hydrogen) atoms. The van der Waals surface area contributed by atoms with Gasteiger partial charge in [-0.1, -0.05) is 18.5 Å². The van der Waals surface area contributed by atoms with Gasteiger partial charge in [-0.3, -0.25) is 4.79 Å². The first-order valence-electron chi connectivity index (χ1n) is 10.7. The maximum Gasteiger partial charge on any atom is 0.245 e. The summed E-state index contributed by atoms with van der Waals surface area (Å²) < 4.78 is 45.2. The van der Waals surface area contributed by atoms with E-state index < -0.39 is 21.7 Å². The molecule has 0 unspecified atom stereocenters. The largest absolute Gasteiger partial charge is 0.379 e. The van der Waals surface area contributed by atoms with Gasteiger partial charge in [0.1, 0.15) is 11.5 Å². The lowest BCUT2D eigenvalue weighted by Crippen LogP contribution is -2.41. The van der Waals surface area contributed by atoms with E-state index in [1.54, 1.807) is 0 Å². The number of carbonyl (C=O) groups is 1. The molecule has 12 heteroatoms. The summed E-state index contributed by atoms with van der Waals surface area (Å²) in [5, 5.41) is 3.97. The minimum absolute atomic E-state index is 0.0414. The molecule has 2 aliphatic rings. The number of sulfonamides is 1. The van der Waals surface area contributed by atoms with E-state index in [-0.39, 0.29) is 36.1 Å². The van der Waals surface area contributed by atoms with E-state index in [0.717, 1.165) is 17.7 Å². The fraction of sp³-hybridized carbons (Fsp3) is 0.476. The predicted molar refractivity (Wildman–Crippen MR) is 120 cm³/mol. The lowest BCUT2D eigenvalue weighted by molar-refractivity contribution is -0.117. The Morgan fingerprint density at radius 3 is 2.88 bits per heavy atom. The summed E-state index contributed by atoms with van der Waals surface area (Å²) in [6.45, 7) is 3.51. The first kappa shape index (κ1) is 23.8. The number of carbonyl (C=O) groups excluding carboxylic acids is 1. The van der Waals surface area contributed by atoms with Crippen LogP contribution >= 0.6 is 11.6 Å². The van der Waals surface area contributed by atoms with E-state index in [2.05, 4.69) is 20.3 Å². The molecule has 0 bridgehead atoms. The normalized spacial score (nSPS) is 24.4.